The molecular weight excluding hydrogens is 235 g/mol. The van der Waals surface area contributed by atoms with E-state index in [4.69, 9.17) is 4.74 Å². The van der Waals surface area contributed by atoms with E-state index >= 15 is 0 Å². The van der Waals surface area contributed by atoms with Crippen LogP contribution in [-0.2, 0) is 6.18 Å². The van der Waals surface area contributed by atoms with Crippen LogP contribution in [-0.4, -0.2) is 17.2 Å². The Morgan fingerprint density at radius 2 is 2.00 bits per heavy atom. The van der Waals surface area contributed by atoms with Crippen LogP contribution in [0.2, 0.25) is 0 Å². The van der Waals surface area contributed by atoms with Crippen molar-refractivity contribution in [1.82, 2.24) is 4.98 Å². The summed E-state index contributed by atoms with van der Waals surface area (Å²) in [5.41, 5.74) is -1.24. The first-order valence-corrected chi connectivity index (χ1v) is 4.67. The molecule has 2 rings (SSSR count). The molecule has 0 fully saturated rings. The van der Waals surface area contributed by atoms with Gasteiger partial charge < -0.3 is 9.84 Å². The maximum atomic E-state index is 12.5. The smallest absolute Gasteiger partial charge is 0.437 e. The minimum absolute atomic E-state index is 0.0696. The summed E-state index contributed by atoms with van der Waals surface area (Å²) in [6.07, 6.45) is -4.70. The summed E-state index contributed by atoms with van der Waals surface area (Å²) in [6.45, 7) is 0. The fraction of sp³-hybridized carbons (Fsp3) is 0.182. The van der Waals surface area contributed by atoms with E-state index in [0.29, 0.717) is 5.39 Å². The van der Waals surface area contributed by atoms with E-state index in [1.54, 1.807) is 12.1 Å². The number of aromatic hydroxyl groups is 1. The standard InChI is InChI=1S/C11H8F3NO2/c1-17-8-4-2-3-6-5-7(16)10(11(12,13)14)15-9(6)8/h2-5,16H,1H3. The number of nitrogens with zero attached hydrogens (tertiary/aromatic N) is 1. The predicted molar refractivity (Wildman–Crippen MR) is 55.0 cm³/mol. The number of para-hydroxylation sites is 1. The van der Waals surface area contributed by atoms with Crippen LogP contribution in [0.4, 0.5) is 13.2 Å². The van der Waals surface area contributed by atoms with Crippen LogP contribution in [0.3, 0.4) is 0 Å². The summed E-state index contributed by atoms with van der Waals surface area (Å²) in [6, 6.07) is 5.68. The Hall–Kier alpha value is -1.98. The second-order valence-electron chi connectivity index (χ2n) is 3.39. The minimum Gasteiger partial charge on any atom is -0.506 e. The zero-order chi connectivity index (χ0) is 12.6. The van der Waals surface area contributed by atoms with E-state index in [1.165, 1.54) is 13.2 Å². The van der Waals surface area contributed by atoms with E-state index in [0.717, 1.165) is 6.07 Å². The second-order valence-corrected chi connectivity index (χ2v) is 3.39. The molecule has 0 aliphatic carbocycles. The second kappa shape index (κ2) is 3.80. The van der Waals surface area contributed by atoms with Crippen molar-refractivity contribution in [2.24, 2.45) is 0 Å². The molecule has 1 aromatic carbocycles. The maximum absolute atomic E-state index is 12.5. The zero-order valence-corrected chi connectivity index (χ0v) is 8.75. The number of ether oxygens (including phenoxy) is 1. The van der Waals surface area contributed by atoms with Crippen LogP contribution in [0.25, 0.3) is 10.9 Å². The van der Waals surface area contributed by atoms with Crippen molar-refractivity contribution in [3.8, 4) is 11.5 Å². The van der Waals surface area contributed by atoms with Gasteiger partial charge in [-0.2, -0.15) is 13.2 Å². The van der Waals surface area contributed by atoms with Gasteiger partial charge >= 0.3 is 6.18 Å². The summed E-state index contributed by atoms with van der Waals surface area (Å²) in [5.74, 6) is -0.661. The largest absolute Gasteiger partial charge is 0.506 e. The number of hydrogen-bond acceptors (Lipinski definition) is 3. The van der Waals surface area contributed by atoms with Gasteiger partial charge in [0.25, 0.3) is 0 Å². The Bertz CT molecular complexity index is 566. The molecule has 0 saturated carbocycles. The number of aromatic nitrogens is 1. The van der Waals surface area contributed by atoms with Crippen molar-refractivity contribution in [1.29, 1.82) is 0 Å². The lowest BCUT2D eigenvalue weighted by atomic mass is 10.1. The number of benzene rings is 1. The Kier molecular flexibility index (Phi) is 2.57. The monoisotopic (exact) mass is 243 g/mol. The molecule has 1 N–H and O–H groups in total. The van der Waals surface area contributed by atoms with Crippen LogP contribution in [0.5, 0.6) is 11.5 Å². The van der Waals surface area contributed by atoms with Gasteiger partial charge in [-0.3, -0.25) is 0 Å². The molecule has 17 heavy (non-hydrogen) atoms. The molecule has 0 aliphatic heterocycles. The summed E-state index contributed by atoms with van der Waals surface area (Å²) in [5, 5.41) is 9.67. The van der Waals surface area contributed by atoms with Gasteiger partial charge in [0.1, 0.15) is 17.0 Å². The maximum Gasteiger partial charge on any atom is 0.437 e. The molecule has 3 nitrogen and oxygen atoms in total. The zero-order valence-electron chi connectivity index (χ0n) is 8.75. The highest BCUT2D eigenvalue weighted by atomic mass is 19.4. The first-order chi connectivity index (χ1) is 7.93. The average Bonchev–Trinajstić information content (AvgIpc) is 2.25. The van der Waals surface area contributed by atoms with Crippen LogP contribution >= 0.6 is 0 Å². The number of alkyl halides is 3. The van der Waals surface area contributed by atoms with Gasteiger partial charge in [0.15, 0.2) is 5.69 Å². The molecule has 0 aliphatic rings. The normalized spacial score (nSPS) is 11.8. The van der Waals surface area contributed by atoms with Crippen LogP contribution in [0, 0.1) is 0 Å². The van der Waals surface area contributed by atoms with Gasteiger partial charge in [0, 0.05) is 5.39 Å². The Labute approximate surface area is 94.5 Å². The molecule has 0 bridgehead atoms. The van der Waals surface area contributed by atoms with Crippen molar-refractivity contribution in [3.63, 3.8) is 0 Å². The predicted octanol–water partition coefficient (Wildman–Crippen LogP) is 2.97. The third-order valence-corrected chi connectivity index (χ3v) is 2.28. The van der Waals surface area contributed by atoms with Gasteiger partial charge in [-0.15, -0.1) is 0 Å². The van der Waals surface area contributed by atoms with Crippen LogP contribution < -0.4 is 4.74 Å². The van der Waals surface area contributed by atoms with Gasteiger partial charge in [0.2, 0.25) is 0 Å². The topological polar surface area (TPSA) is 42.4 Å². The molecular formula is C11H8F3NO2. The highest BCUT2D eigenvalue weighted by molar-refractivity contribution is 5.86. The SMILES string of the molecule is COc1cccc2cc(O)c(C(F)(F)F)nc12. The number of fused-ring (bicyclic) bond motifs is 1. The molecule has 6 heteroatoms. The lowest BCUT2D eigenvalue weighted by molar-refractivity contribution is -0.142. The Morgan fingerprint density at radius 3 is 2.59 bits per heavy atom. The van der Waals surface area contributed by atoms with Gasteiger partial charge in [-0.25, -0.2) is 4.98 Å². The Balaban J connectivity index is 2.78. The summed E-state index contributed by atoms with van der Waals surface area (Å²) in [4.78, 5) is 3.42. The van der Waals surface area contributed by atoms with Crippen LogP contribution in [0.1, 0.15) is 5.69 Å². The molecule has 0 radical (unpaired) electrons. The number of hydrogen-bond donors (Lipinski definition) is 1. The molecule has 0 unspecified atom stereocenters. The van der Waals surface area contributed by atoms with Gasteiger partial charge in [-0.05, 0) is 12.1 Å². The van der Waals surface area contributed by atoms with Crippen molar-refractivity contribution in [2.45, 2.75) is 6.18 Å². The lowest BCUT2D eigenvalue weighted by Crippen LogP contribution is -2.08. The molecule has 2 aromatic rings. The van der Waals surface area contributed by atoms with Crippen molar-refractivity contribution in [3.05, 3.63) is 30.0 Å². The molecule has 1 aromatic heterocycles. The Morgan fingerprint density at radius 1 is 1.29 bits per heavy atom. The molecule has 0 saturated heterocycles. The van der Waals surface area contributed by atoms with E-state index < -0.39 is 17.6 Å². The van der Waals surface area contributed by atoms with Crippen LogP contribution in [0.15, 0.2) is 24.3 Å². The van der Waals surface area contributed by atoms with Crippen molar-refractivity contribution < 1.29 is 23.0 Å². The van der Waals surface area contributed by atoms with E-state index in [1.807, 2.05) is 0 Å². The molecule has 0 spiro atoms. The van der Waals surface area contributed by atoms with E-state index in [2.05, 4.69) is 4.98 Å². The molecule has 0 atom stereocenters. The average molecular weight is 243 g/mol. The fourth-order valence-electron chi connectivity index (χ4n) is 1.53. The van der Waals surface area contributed by atoms with Gasteiger partial charge in [-0.1, -0.05) is 12.1 Å². The number of halogens is 3. The quantitative estimate of drug-likeness (QED) is 0.837. The van der Waals surface area contributed by atoms with E-state index in [9.17, 15) is 18.3 Å². The number of pyridine rings is 1. The van der Waals surface area contributed by atoms with Crippen molar-refractivity contribution >= 4 is 10.9 Å². The number of methoxy groups -OCH3 is 1. The first-order valence-electron chi connectivity index (χ1n) is 4.67. The summed E-state index contributed by atoms with van der Waals surface area (Å²) in [7, 11) is 1.34. The molecule has 0 amide bonds. The fourth-order valence-corrected chi connectivity index (χ4v) is 1.53. The highest BCUT2D eigenvalue weighted by Crippen LogP contribution is 2.37. The third-order valence-electron chi connectivity index (χ3n) is 2.28. The minimum atomic E-state index is -4.70. The van der Waals surface area contributed by atoms with Crippen molar-refractivity contribution in [2.75, 3.05) is 7.11 Å². The summed E-state index contributed by atoms with van der Waals surface area (Å²) < 4.78 is 42.6. The highest BCUT2D eigenvalue weighted by Gasteiger charge is 2.36. The lowest BCUT2D eigenvalue weighted by Gasteiger charge is -2.10. The van der Waals surface area contributed by atoms with Gasteiger partial charge in [0.05, 0.1) is 7.11 Å². The third kappa shape index (κ3) is 1.98. The summed E-state index contributed by atoms with van der Waals surface area (Å²) >= 11 is 0. The number of rotatable bonds is 1. The molecule has 90 valence electrons. The first kappa shape index (κ1) is 11.5. The molecule has 1 heterocycles. The van der Waals surface area contributed by atoms with E-state index in [-0.39, 0.29) is 11.3 Å².